The van der Waals surface area contributed by atoms with Crippen LogP contribution < -0.4 is 0 Å². The number of aliphatic hydroxyl groups is 1. The van der Waals surface area contributed by atoms with Crippen LogP contribution in [0.4, 0.5) is 0 Å². The van der Waals surface area contributed by atoms with Crippen molar-refractivity contribution in [3.63, 3.8) is 0 Å². The van der Waals surface area contributed by atoms with Crippen LogP contribution in [0.25, 0.3) is 0 Å². The normalized spacial score (nSPS) is 12.7. The van der Waals surface area contributed by atoms with Crippen LogP contribution in [0.3, 0.4) is 0 Å². The van der Waals surface area contributed by atoms with Crippen LogP contribution in [-0.2, 0) is 9.53 Å². The quantitative estimate of drug-likeness (QED) is 0.744. The summed E-state index contributed by atoms with van der Waals surface area (Å²) < 4.78 is 4.74. The van der Waals surface area contributed by atoms with E-state index in [2.05, 4.69) is 0 Å². The van der Waals surface area contributed by atoms with Gasteiger partial charge < -0.3 is 14.9 Å². The standard InChI is InChI=1S/C8H10O4S/c9-6(4-12-5-8(10)11)7-2-1-3-13-7/h1-3,6,9H,4-5H2,(H,10,11). The van der Waals surface area contributed by atoms with Crippen LogP contribution in [0, 0.1) is 0 Å². The van der Waals surface area contributed by atoms with Gasteiger partial charge in [-0.25, -0.2) is 4.79 Å². The molecule has 0 aliphatic carbocycles. The first-order valence-corrected chi connectivity index (χ1v) is 4.59. The third-order valence-electron chi connectivity index (χ3n) is 1.37. The zero-order valence-electron chi connectivity index (χ0n) is 6.84. The van der Waals surface area contributed by atoms with E-state index in [1.165, 1.54) is 11.3 Å². The zero-order valence-corrected chi connectivity index (χ0v) is 7.66. The van der Waals surface area contributed by atoms with Gasteiger partial charge in [0.15, 0.2) is 0 Å². The molecule has 0 amide bonds. The summed E-state index contributed by atoms with van der Waals surface area (Å²) in [5.41, 5.74) is 0. The molecule has 0 spiro atoms. The van der Waals surface area contributed by atoms with Gasteiger partial charge in [0.25, 0.3) is 0 Å². The average molecular weight is 202 g/mol. The maximum atomic E-state index is 10.1. The highest BCUT2D eigenvalue weighted by molar-refractivity contribution is 7.10. The summed E-state index contributed by atoms with van der Waals surface area (Å²) in [4.78, 5) is 10.8. The van der Waals surface area contributed by atoms with Gasteiger partial charge in [0.2, 0.25) is 0 Å². The molecule has 1 aromatic heterocycles. The molecule has 1 heterocycles. The number of rotatable bonds is 5. The van der Waals surface area contributed by atoms with Crippen molar-refractivity contribution in [3.05, 3.63) is 22.4 Å². The fourth-order valence-corrected chi connectivity index (χ4v) is 1.52. The minimum absolute atomic E-state index is 0.0206. The van der Waals surface area contributed by atoms with Gasteiger partial charge >= 0.3 is 5.97 Å². The lowest BCUT2D eigenvalue weighted by Gasteiger charge is -2.07. The first-order valence-electron chi connectivity index (χ1n) is 3.71. The van der Waals surface area contributed by atoms with Crippen molar-refractivity contribution in [2.45, 2.75) is 6.10 Å². The van der Waals surface area contributed by atoms with Crippen molar-refractivity contribution >= 4 is 17.3 Å². The van der Waals surface area contributed by atoms with Crippen molar-refractivity contribution in [1.82, 2.24) is 0 Å². The molecule has 0 aromatic carbocycles. The zero-order chi connectivity index (χ0) is 9.68. The lowest BCUT2D eigenvalue weighted by molar-refractivity contribution is -0.143. The molecular weight excluding hydrogens is 192 g/mol. The van der Waals surface area contributed by atoms with Crippen molar-refractivity contribution in [2.24, 2.45) is 0 Å². The highest BCUT2D eigenvalue weighted by Crippen LogP contribution is 2.18. The summed E-state index contributed by atoms with van der Waals surface area (Å²) in [6.45, 7) is -0.352. The van der Waals surface area contributed by atoms with Crippen LogP contribution in [0.15, 0.2) is 17.5 Å². The Hall–Kier alpha value is -0.910. The van der Waals surface area contributed by atoms with Gasteiger partial charge in [0.1, 0.15) is 12.7 Å². The maximum absolute atomic E-state index is 10.1. The third kappa shape index (κ3) is 3.54. The van der Waals surface area contributed by atoms with Gasteiger partial charge in [-0.15, -0.1) is 11.3 Å². The second kappa shape index (κ2) is 4.96. The summed E-state index contributed by atoms with van der Waals surface area (Å²) in [6, 6.07) is 3.60. The van der Waals surface area contributed by atoms with Crippen LogP contribution in [-0.4, -0.2) is 29.4 Å². The van der Waals surface area contributed by atoms with E-state index in [0.717, 1.165) is 4.88 Å². The Bertz CT molecular complexity index is 257. The number of carboxylic acid groups (broad SMARTS) is 1. The molecule has 13 heavy (non-hydrogen) atoms. The summed E-state index contributed by atoms with van der Waals surface area (Å²) in [6.07, 6.45) is -0.723. The molecule has 2 N–H and O–H groups in total. The second-order valence-electron chi connectivity index (χ2n) is 2.44. The number of hydrogen-bond donors (Lipinski definition) is 2. The fraction of sp³-hybridized carbons (Fsp3) is 0.375. The molecule has 1 atom stereocenters. The SMILES string of the molecule is O=C(O)COCC(O)c1cccs1. The van der Waals surface area contributed by atoms with Crippen LogP contribution in [0.5, 0.6) is 0 Å². The maximum Gasteiger partial charge on any atom is 0.329 e. The molecule has 5 heteroatoms. The fourth-order valence-electron chi connectivity index (χ4n) is 0.821. The predicted molar refractivity (Wildman–Crippen MR) is 47.7 cm³/mol. The first kappa shape index (κ1) is 10.2. The monoisotopic (exact) mass is 202 g/mol. The molecule has 1 unspecified atom stereocenters. The molecule has 0 saturated carbocycles. The Morgan fingerprint density at radius 1 is 1.69 bits per heavy atom. The minimum atomic E-state index is -1.03. The molecule has 72 valence electrons. The third-order valence-corrected chi connectivity index (χ3v) is 2.35. The molecule has 0 saturated heterocycles. The summed E-state index contributed by atoms with van der Waals surface area (Å²) in [5, 5.41) is 19.5. The Labute approximate surface area is 79.4 Å². The number of aliphatic carboxylic acids is 1. The number of thiophene rings is 1. The Morgan fingerprint density at radius 2 is 2.46 bits per heavy atom. The number of carboxylic acids is 1. The highest BCUT2D eigenvalue weighted by atomic mass is 32.1. The van der Waals surface area contributed by atoms with Crippen molar-refractivity contribution in [2.75, 3.05) is 13.2 Å². The van der Waals surface area contributed by atoms with Gasteiger partial charge in [-0.05, 0) is 11.4 Å². The molecule has 1 rings (SSSR count). The molecule has 0 aliphatic heterocycles. The van der Waals surface area contributed by atoms with Gasteiger partial charge in [-0.3, -0.25) is 0 Å². The smallest absolute Gasteiger partial charge is 0.329 e. The van der Waals surface area contributed by atoms with E-state index >= 15 is 0 Å². The number of aliphatic hydroxyl groups excluding tert-OH is 1. The minimum Gasteiger partial charge on any atom is -0.480 e. The van der Waals surface area contributed by atoms with Crippen molar-refractivity contribution in [1.29, 1.82) is 0 Å². The molecular formula is C8H10O4S. The van der Waals surface area contributed by atoms with Crippen LogP contribution in [0.1, 0.15) is 11.0 Å². The summed E-state index contributed by atoms with van der Waals surface area (Å²) in [7, 11) is 0. The van der Waals surface area contributed by atoms with E-state index in [-0.39, 0.29) is 13.2 Å². The predicted octanol–water partition coefficient (Wildman–Crippen LogP) is 0.883. The summed E-state index contributed by atoms with van der Waals surface area (Å²) >= 11 is 1.41. The van der Waals surface area contributed by atoms with Crippen LogP contribution in [0.2, 0.25) is 0 Å². The van der Waals surface area contributed by atoms with E-state index in [1.807, 2.05) is 11.4 Å². The molecule has 0 fully saturated rings. The highest BCUT2D eigenvalue weighted by Gasteiger charge is 2.08. The number of hydrogen-bond acceptors (Lipinski definition) is 4. The van der Waals surface area contributed by atoms with Gasteiger partial charge in [0, 0.05) is 4.88 Å². The van der Waals surface area contributed by atoms with Gasteiger partial charge in [0.05, 0.1) is 6.61 Å². The second-order valence-corrected chi connectivity index (χ2v) is 3.42. The lowest BCUT2D eigenvalue weighted by atomic mass is 10.3. The Balaban J connectivity index is 2.26. The van der Waals surface area contributed by atoms with E-state index < -0.39 is 12.1 Å². The van der Waals surface area contributed by atoms with E-state index in [1.54, 1.807) is 6.07 Å². The largest absolute Gasteiger partial charge is 0.480 e. The van der Waals surface area contributed by atoms with Gasteiger partial charge in [-0.1, -0.05) is 6.07 Å². The molecule has 0 aliphatic rings. The Morgan fingerprint density at radius 3 is 3.00 bits per heavy atom. The van der Waals surface area contributed by atoms with Crippen LogP contribution >= 0.6 is 11.3 Å². The number of carbonyl (C=O) groups is 1. The average Bonchev–Trinajstić information content (AvgIpc) is 2.55. The lowest BCUT2D eigenvalue weighted by Crippen LogP contribution is -2.12. The van der Waals surface area contributed by atoms with E-state index in [0.29, 0.717) is 0 Å². The van der Waals surface area contributed by atoms with E-state index in [9.17, 15) is 9.90 Å². The van der Waals surface area contributed by atoms with E-state index in [4.69, 9.17) is 9.84 Å². The molecule has 4 nitrogen and oxygen atoms in total. The topological polar surface area (TPSA) is 66.8 Å². The molecule has 0 radical (unpaired) electrons. The first-order chi connectivity index (χ1) is 6.20. The summed E-state index contributed by atoms with van der Waals surface area (Å²) in [5.74, 6) is -1.03. The number of ether oxygens (including phenoxy) is 1. The molecule has 0 bridgehead atoms. The molecule has 1 aromatic rings. The van der Waals surface area contributed by atoms with Crippen molar-refractivity contribution in [3.8, 4) is 0 Å². The van der Waals surface area contributed by atoms with Crippen molar-refractivity contribution < 1.29 is 19.7 Å². The Kier molecular flexibility index (Phi) is 3.88. The van der Waals surface area contributed by atoms with Gasteiger partial charge in [-0.2, -0.15) is 0 Å².